The fraction of sp³-hybridized carbons (Fsp3) is 0.556. The highest BCUT2D eigenvalue weighted by atomic mass is 32.1. The second-order valence-electron chi connectivity index (χ2n) is 7.40. The number of carboxylic acids is 1. The number of thiazole rings is 1. The summed E-state index contributed by atoms with van der Waals surface area (Å²) < 4.78 is 33.5. The summed E-state index contributed by atoms with van der Waals surface area (Å²) in [4.78, 5) is 30.7. The molecule has 0 aliphatic carbocycles. The van der Waals surface area contributed by atoms with Crippen LogP contribution in [0.25, 0.3) is 0 Å². The highest BCUT2D eigenvalue weighted by Crippen LogP contribution is 2.42. The van der Waals surface area contributed by atoms with E-state index < -0.39 is 12.1 Å². The van der Waals surface area contributed by atoms with Gasteiger partial charge in [0.2, 0.25) is 5.91 Å². The van der Waals surface area contributed by atoms with Gasteiger partial charge in [0.15, 0.2) is 0 Å². The van der Waals surface area contributed by atoms with Gasteiger partial charge in [0.05, 0.1) is 23.8 Å². The minimum absolute atomic E-state index is 0.217. The van der Waals surface area contributed by atoms with Crippen LogP contribution in [0.1, 0.15) is 24.3 Å². The van der Waals surface area contributed by atoms with Crippen molar-refractivity contribution < 1.29 is 27.9 Å². The van der Waals surface area contributed by atoms with E-state index in [1.54, 1.807) is 22.2 Å². The van der Waals surface area contributed by atoms with Gasteiger partial charge in [-0.25, -0.2) is 9.78 Å². The van der Waals surface area contributed by atoms with Crippen molar-refractivity contribution in [1.82, 2.24) is 19.7 Å². The lowest BCUT2D eigenvalue weighted by Gasteiger charge is -2.38. The van der Waals surface area contributed by atoms with E-state index in [1.165, 1.54) is 0 Å². The van der Waals surface area contributed by atoms with Gasteiger partial charge in [-0.15, -0.1) is 11.3 Å². The standard InChI is InChI=1S/C16H21N5OS.C2HF3O2/c1-19-10-13(9-18-19)21-7-4-16(15(21)22)3-2-6-20(12-16)11-14-17-5-8-23-14;3-2(4,5)1(6)7/h5,8-10H,2-4,6-7,11-12H2,1H3;(H,6,7). The number of aromatic nitrogens is 3. The van der Waals surface area contributed by atoms with Crippen LogP contribution in [0, 0.1) is 5.41 Å². The third kappa shape index (κ3) is 4.98. The normalized spacial score (nSPS) is 22.3. The molecule has 1 amide bonds. The van der Waals surface area contributed by atoms with Crippen LogP contribution < -0.4 is 4.90 Å². The van der Waals surface area contributed by atoms with Gasteiger partial charge >= 0.3 is 12.1 Å². The second kappa shape index (κ2) is 8.72. The molecule has 1 N–H and O–H groups in total. The molecule has 2 aliphatic heterocycles. The first-order valence-corrected chi connectivity index (χ1v) is 10.2. The van der Waals surface area contributed by atoms with Crippen molar-refractivity contribution in [1.29, 1.82) is 0 Å². The average Bonchev–Trinajstić information content (AvgIpc) is 3.39. The number of hydrogen-bond donors (Lipinski definition) is 1. The van der Waals surface area contributed by atoms with E-state index in [2.05, 4.69) is 15.0 Å². The smallest absolute Gasteiger partial charge is 0.475 e. The summed E-state index contributed by atoms with van der Waals surface area (Å²) in [6.45, 7) is 3.57. The molecule has 1 spiro atoms. The van der Waals surface area contributed by atoms with Crippen molar-refractivity contribution >= 4 is 28.9 Å². The van der Waals surface area contributed by atoms with Crippen LogP contribution in [0.2, 0.25) is 0 Å². The largest absolute Gasteiger partial charge is 0.490 e. The van der Waals surface area contributed by atoms with Gasteiger partial charge in [-0.3, -0.25) is 14.4 Å². The monoisotopic (exact) mass is 445 g/mol. The second-order valence-corrected chi connectivity index (χ2v) is 8.38. The van der Waals surface area contributed by atoms with Crippen molar-refractivity contribution in [3.63, 3.8) is 0 Å². The number of hydrogen-bond acceptors (Lipinski definition) is 6. The zero-order valence-corrected chi connectivity index (χ0v) is 17.1. The number of rotatable bonds is 3. The lowest BCUT2D eigenvalue weighted by molar-refractivity contribution is -0.192. The molecule has 2 fully saturated rings. The lowest BCUT2D eigenvalue weighted by atomic mass is 9.78. The number of anilines is 1. The Morgan fingerprint density at radius 1 is 1.33 bits per heavy atom. The fourth-order valence-electron chi connectivity index (χ4n) is 3.88. The number of carbonyl (C=O) groups is 2. The van der Waals surface area contributed by atoms with Crippen molar-refractivity contribution in [2.45, 2.75) is 32.0 Å². The summed E-state index contributed by atoms with van der Waals surface area (Å²) in [6.07, 6.45) is 3.49. The first-order chi connectivity index (χ1) is 14.1. The zero-order valence-electron chi connectivity index (χ0n) is 16.3. The summed E-state index contributed by atoms with van der Waals surface area (Å²) in [5, 5.41) is 14.5. The molecule has 164 valence electrons. The number of amides is 1. The highest BCUT2D eigenvalue weighted by molar-refractivity contribution is 7.09. The Hall–Kier alpha value is -2.47. The van der Waals surface area contributed by atoms with Crippen LogP contribution in [-0.2, 0) is 23.2 Å². The van der Waals surface area contributed by atoms with E-state index >= 15 is 0 Å². The molecule has 12 heteroatoms. The van der Waals surface area contributed by atoms with Gasteiger partial charge < -0.3 is 10.0 Å². The summed E-state index contributed by atoms with van der Waals surface area (Å²) in [5.74, 6) is -2.48. The molecular formula is C18H22F3N5O3S. The molecule has 8 nitrogen and oxygen atoms in total. The number of aliphatic carboxylic acids is 1. The van der Waals surface area contributed by atoms with Gasteiger partial charge in [0, 0.05) is 37.9 Å². The Labute approximate surface area is 174 Å². The maximum Gasteiger partial charge on any atom is 0.490 e. The molecule has 2 saturated heterocycles. The van der Waals surface area contributed by atoms with Crippen LogP contribution in [0.5, 0.6) is 0 Å². The van der Waals surface area contributed by atoms with E-state index in [-0.39, 0.29) is 11.3 Å². The van der Waals surface area contributed by atoms with Crippen LogP contribution in [0.4, 0.5) is 18.9 Å². The maximum absolute atomic E-state index is 13.1. The van der Waals surface area contributed by atoms with E-state index in [4.69, 9.17) is 9.90 Å². The van der Waals surface area contributed by atoms with Crippen LogP contribution in [0.15, 0.2) is 24.0 Å². The number of aryl methyl sites for hydroxylation is 1. The minimum Gasteiger partial charge on any atom is -0.475 e. The molecule has 2 aliphatic rings. The van der Waals surface area contributed by atoms with Gasteiger partial charge in [-0.05, 0) is 25.8 Å². The molecule has 0 saturated carbocycles. The van der Waals surface area contributed by atoms with E-state index in [0.717, 1.165) is 56.1 Å². The summed E-state index contributed by atoms with van der Waals surface area (Å²) in [7, 11) is 1.89. The van der Waals surface area contributed by atoms with Crippen LogP contribution in [-0.4, -0.2) is 62.5 Å². The van der Waals surface area contributed by atoms with Gasteiger partial charge in [-0.2, -0.15) is 18.3 Å². The van der Waals surface area contributed by atoms with Crippen molar-refractivity contribution in [3.05, 3.63) is 29.0 Å². The molecule has 4 heterocycles. The number of carboxylic acid groups (broad SMARTS) is 1. The van der Waals surface area contributed by atoms with Crippen molar-refractivity contribution in [2.24, 2.45) is 12.5 Å². The van der Waals surface area contributed by atoms with Gasteiger partial charge in [0.25, 0.3) is 0 Å². The third-order valence-electron chi connectivity index (χ3n) is 5.26. The molecule has 0 aromatic carbocycles. The Morgan fingerprint density at radius 2 is 2.07 bits per heavy atom. The average molecular weight is 445 g/mol. The SMILES string of the molecule is Cn1cc(N2CCC3(CCCN(Cc4nccs4)C3)C2=O)cn1.O=C(O)C(F)(F)F. The number of likely N-dealkylation sites (tertiary alicyclic amines) is 1. The maximum atomic E-state index is 13.1. The zero-order chi connectivity index (χ0) is 21.9. The number of halogens is 3. The van der Waals surface area contributed by atoms with Crippen molar-refractivity contribution in [2.75, 3.05) is 24.5 Å². The lowest BCUT2D eigenvalue weighted by Crippen LogP contribution is -2.47. The molecule has 0 radical (unpaired) electrons. The Bertz CT molecular complexity index is 886. The number of piperidine rings is 1. The molecular weight excluding hydrogens is 423 g/mol. The van der Waals surface area contributed by atoms with E-state index in [0.29, 0.717) is 0 Å². The first kappa shape index (κ1) is 22.2. The van der Waals surface area contributed by atoms with Crippen LogP contribution in [0.3, 0.4) is 0 Å². The molecule has 4 rings (SSSR count). The minimum atomic E-state index is -5.08. The Morgan fingerprint density at radius 3 is 2.63 bits per heavy atom. The molecule has 0 bridgehead atoms. The molecule has 30 heavy (non-hydrogen) atoms. The quantitative estimate of drug-likeness (QED) is 0.781. The highest BCUT2D eigenvalue weighted by Gasteiger charge is 2.49. The van der Waals surface area contributed by atoms with Gasteiger partial charge in [0.1, 0.15) is 5.01 Å². The summed E-state index contributed by atoms with van der Waals surface area (Å²) >= 11 is 1.69. The molecule has 1 unspecified atom stereocenters. The number of nitrogens with zero attached hydrogens (tertiary/aromatic N) is 5. The van der Waals surface area contributed by atoms with E-state index in [9.17, 15) is 18.0 Å². The predicted octanol–water partition coefficient (Wildman–Crippen LogP) is 2.53. The molecule has 1 atom stereocenters. The third-order valence-corrected chi connectivity index (χ3v) is 6.02. The number of alkyl halides is 3. The van der Waals surface area contributed by atoms with E-state index in [1.807, 2.05) is 29.7 Å². The fourth-order valence-corrected chi connectivity index (χ4v) is 4.54. The summed E-state index contributed by atoms with van der Waals surface area (Å²) in [6, 6.07) is 0. The van der Waals surface area contributed by atoms with Gasteiger partial charge in [-0.1, -0.05) is 0 Å². The summed E-state index contributed by atoms with van der Waals surface area (Å²) in [5.41, 5.74) is 0.706. The van der Waals surface area contributed by atoms with Crippen molar-refractivity contribution in [3.8, 4) is 0 Å². The molecule has 2 aromatic rings. The Kier molecular flexibility index (Phi) is 6.46. The number of carbonyl (C=O) groups excluding carboxylic acids is 1. The first-order valence-electron chi connectivity index (χ1n) is 9.32. The van der Waals surface area contributed by atoms with Crippen LogP contribution >= 0.6 is 11.3 Å². The predicted molar refractivity (Wildman–Crippen MR) is 103 cm³/mol. The molecule has 2 aromatic heterocycles. The topological polar surface area (TPSA) is 91.6 Å². The Balaban J connectivity index is 0.000000318.